The Kier molecular flexibility index (Phi) is 4.91. The highest BCUT2D eigenvalue weighted by atomic mass is 16.5. The molecule has 2 aromatic carbocycles. The number of ether oxygens (including phenoxy) is 2. The second kappa shape index (κ2) is 8.03. The first kappa shape index (κ1) is 19.6. The van der Waals surface area contributed by atoms with Crippen LogP contribution in [0.3, 0.4) is 0 Å². The Morgan fingerprint density at radius 2 is 1.81 bits per heavy atom. The fourth-order valence-corrected chi connectivity index (χ4v) is 3.46. The Balaban J connectivity index is 1.45. The SMILES string of the molecule is COc1ccc(-c2noc(Cn3ccn4nc(-c5ccccc5OC)cc4c3=O)n2)cc1. The third-order valence-electron chi connectivity index (χ3n) is 5.11. The molecule has 0 aliphatic heterocycles. The summed E-state index contributed by atoms with van der Waals surface area (Å²) in [7, 11) is 3.21. The molecular formula is C23H19N5O4. The van der Waals surface area contributed by atoms with Crippen LogP contribution in [0.5, 0.6) is 11.5 Å². The lowest BCUT2D eigenvalue weighted by Crippen LogP contribution is -2.21. The molecule has 0 aliphatic rings. The molecule has 5 rings (SSSR count). The molecule has 0 radical (unpaired) electrons. The van der Waals surface area contributed by atoms with Crippen LogP contribution in [-0.2, 0) is 6.54 Å². The van der Waals surface area contributed by atoms with Gasteiger partial charge in [0.25, 0.3) is 5.56 Å². The number of nitrogens with zero attached hydrogens (tertiary/aromatic N) is 5. The van der Waals surface area contributed by atoms with E-state index in [-0.39, 0.29) is 12.1 Å². The number of hydrogen-bond donors (Lipinski definition) is 0. The van der Waals surface area contributed by atoms with Crippen LogP contribution in [-0.4, -0.2) is 38.5 Å². The van der Waals surface area contributed by atoms with Gasteiger partial charge in [0.1, 0.15) is 23.6 Å². The van der Waals surface area contributed by atoms with Gasteiger partial charge in [0.15, 0.2) is 0 Å². The van der Waals surface area contributed by atoms with Crippen LogP contribution in [0.1, 0.15) is 5.89 Å². The summed E-state index contributed by atoms with van der Waals surface area (Å²) in [6, 6.07) is 16.6. The van der Waals surface area contributed by atoms with Crippen molar-refractivity contribution in [1.29, 1.82) is 0 Å². The molecule has 0 fully saturated rings. The summed E-state index contributed by atoms with van der Waals surface area (Å²) in [5.41, 5.74) is 2.47. The highest BCUT2D eigenvalue weighted by Crippen LogP contribution is 2.28. The second-order valence-electron chi connectivity index (χ2n) is 7.03. The van der Waals surface area contributed by atoms with E-state index in [1.54, 1.807) is 37.2 Å². The van der Waals surface area contributed by atoms with E-state index in [0.29, 0.717) is 28.7 Å². The van der Waals surface area contributed by atoms with Crippen LogP contribution < -0.4 is 15.0 Å². The number of benzene rings is 2. The van der Waals surface area contributed by atoms with Crippen molar-refractivity contribution in [1.82, 2.24) is 24.3 Å². The number of hydrogen-bond acceptors (Lipinski definition) is 7. The molecule has 0 atom stereocenters. The van der Waals surface area contributed by atoms with Gasteiger partial charge in [-0.05, 0) is 42.5 Å². The molecule has 0 bridgehead atoms. The predicted octanol–water partition coefficient (Wildman–Crippen LogP) is 3.28. The number of methoxy groups -OCH3 is 2. The molecule has 0 saturated heterocycles. The molecule has 0 spiro atoms. The Morgan fingerprint density at radius 3 is 2.59 bits per heavy atom. The zero-order chi connectivity index (χ0) is 22.1. The average Bonchev–Trinajstić information content (AvgIpc) is 3.49. The van der Waals surface area contributed by atoms with Crippen molar-refractivity contribution in [2.45, 2.75) is 6.54 Å². The average molecular weight is 429 g/mol. The van der Waals surface area contributed by atoms with E-state index in [2.05, 4.69) is 15.2 Å². The van der Waals surface area contributed by atoms with E-state index in [0.717, 1.165) is 16.9 Å². The molecule has 160 valence electrons. The molecule has 32 heavy (non-hydrogen) atoms. The molecule has 3 heterocycles. The Bertz CT molecular complexity index is 1450. The predicted molar refractivity (Wildman–Crippen MR) is 117 cm³/mol. The third kappa shape index (κ3) is 3.49. The summed E-state index contributed by atoms with van der Waals surface area (Å²) < 4.78 is 19.0. The molecule has 3 aromatic heterocycles. The van der Waals surface area contributed by atoms with Crippen LogP contribution in [0.15, 0.2) is 76.3 Å². The number of rotatable bonds is 6. The van der Waals surface area contributed by atoms with Crippen LogP contribution >= 0.6 is 0 Å². The van der Waals surface area contributed by atoms with Gasteiger partial charge in [-0.1, -0.05) is 17.3 Å². The summed E-state index contributed by atoms with van der Waals surface area (Å²) >= 11 is 0. The Morgan fingerprint density at radius 1 is 1.00 bits per heavy atom. The van der Waals surface area contributed by atoms with E-state index in [4.69, 9.17) is 14.0 Å². The number of fused-ring (bicyclic) bond motifs is 1. The highest BCUT2D eigenvalue weighted by molar-refractivity contribution is 5.71. The van der Waals surface area contributed by atoms with Gasteiger partial charge in [-0.3, -0.25) is 4.79 Å². The highest BCUT2D eigenvalue weighted by Gasteiger charge is 2.14. The molecule has 5 aromatic rings. The van der Waals surface area contributed by atoms with Crippen LogP contribution in [0.4, 0.5) is 0 Å². The van der Waals surface area contributed by atoms with Crippen molar-refractivity contribution in [3.05, 3.63) is 83.2 Å². The fourth-order valence-electron chi connectivity index (χ4n) is 3.46. The van der Waals surface area contributed by atoms with Gasteiger partial charge in [0, 0.05) is 23.5 Å². The van der Waals surface area contributed by atoms with E-state index < -0.39 is 0 Å². The maximum atomic E-state index is 13.0. The zero-order valence-electron chi connectivity index (χ0n) is 17.4. The van der Waals surface area contributed by atoms with Gasteiger partial charge in [0.05, 0.1) is 19.9 Å². The lowest BCUT2D eigenvalue weighted by Gasteiger charge is -2.04. The van der Waals surface area contributed by atoms with Gasteiger partial charge in [-0.15, -0.1) is 0 Å². The summed E-state index contributed by atoms with van der Waals surface area (Å²) in [5, 5.41) is 8.54. The lowest BCUT2D eigenvalue weighted by atomic mass is 10.1. The van der Waals surface area contributed by atoms with Crippen molar-refractivity contribution in [3.8, 4) is 34.1 Å². The molecule has 0 amide bonds. The summed E-state index contributed by atoms with van der Waals surface area (Å²) in [6.07, 6.45) is 3.36. The first-order valence-electron chi connectivity index (χ1n) is 9.85. The standard InChI is InChI=1S/C23H19N5O4/c1-30-16-9-7-15(8-10-16)22-24-21(32-26-22)14-27-11-12-28-19(23(27)29)13-18(25-28)17-5-3-4-6-20(17)31-2/h3-13H,14H2,1-2H3. The normalized spacial score (nSPS) is 11.1. The second-order valence-corrected chi connectivity index (χ2v) is 7.03. The lowest BCUT2D eigenvalue weighted by molar-refractivity contribution is 0.370. The van der Waals surface area contributed by atoms with E-state index >= 15 is 0 Å². The minimum Gasteiger partial charge on any atom is -0.497 e. The fraction of sp³-hybridized carbons (Fsp3) is 0.130. The smallest absolute Gasteiger partial charge is 0.277 e. The molecule has 9 heteroatoms. The molecule has 0 saturated carbocycles. The van der Waals surface area contributed by atoms with Gasteiger partial charge in [-0.2, -0.15) is 10.1 Å². The molecule has 0 aliphatic carbocycles. The minimum absolute atomic E-state index is 0.146. The summed E-state index contributed by atoms with van der Waals surface area (Å²) in [6.45, 7) is 0.146. The first-order valence-corrected chi connectivity index (χ1v) is 9.85. The van der Waals surface area contributed by atoms with Gasteiger partial charge < -0.3 is 18.6 Å². The Labute approximate surface area is 182 Å². The van der Waals surface area contributed by atoms with Crippen molar-refractivity contribution in [3.63, 3.8) is 0 Å². The monoisotopic (exact) mass is 429 g/mol. The minimum atomic E-state index is -0.217. The largest absolute Gasteiger partial charge is 0.497 e. The number of para-hydroxylation sites is 1. The van der Waals surface area contributed by atoms with Gasteiger partial charge in [-0.25, -0.2) is 4.52 Å². The quantitative estimate of drug-likeness (QED) is 0.409. The maximum absolute atomic E-state index is 13.0. The zero-order valence-corrected chi connectivity index (χ0v) is 17.4. The van der Waals surface area contributed by atoms with Crippen molar-refractivity contribution in [2.24, 2.45) is 0 Å². The summed E-state index contributed by atoms with van der Waals surface area (Å²) in [5.74, 6) is 2.20. The first-order chi connectivity index (χ1) is 15.7. The molecule has 0 N–H and O–H groups in total. The van der Waals surface area contributed by atoms with Crippen molar-refractivity contribution < 1.29 is 14.0 Å². The Hall–Kier alpha value is -4.40. The van der Waals surface area contributed by atoms with E-state index in [1.165, 1.54) is 4.57 Å². The van der Waals surface area contributed by atoms with Crippen molar-refractivity contribution in [2.75, 3.05) is 14.2 Å². The van der Waals surface area contributed by atoms with Crippen LogP contribution in [0.2, 0.25) is 0 Å². The van der Waals surface area contributed by atoms with E-state index in [1.807, 2.05) is 48.5 Å². The molecule has 0 unspecified atom stereocenters. The van der Waals surface area contributed by atoms with E-state index in [9.17, 15) is 4.79 Å². The summed E-state index contributed by atoms with van der Waals surface area (Å²) in [4.78, 5) is 17.5. The van der Waals surface area contributed by atoms with Crippen molar-refractivity contribution >= 4 is 5.52 Å². The topological polar surface area (TPSA) is 96.7 Å². The maximum Gasteiger partial charge on any atom is 0.277 e. The molecular weight excluding hydrogens is 410 g/mol. The molecule has 9 nitrogen and oxygen atoms in total. The van der Waals surface area contributed by atoms with Crippen LogP contribution in [0, 0.1) is 0 Å². The van der Waals surface area contributed by atoms with Gasteiger partial charge in [0.2, 0.25) is 11.7 Å². The van der Waals surface area contributed by atoms with Gasteiger partial charge >= 0.3 is 0 Å². The third-order valence-corrected chi connectivity index (χ3v) is 5.11. The number of aromatic nitrogens is 5. The van der Waals surface area contributed by atoms with Crippen LogP contribution in [0.25, 0.3) is 28.2 Å².